The lowest BCUT2D eigenvalue weighted by Crippen LogP contribution is -2.33. The smallest absolute Gasteiger partial charge is 0.316 e. The van der Waals surface area contributed by atoms with Crippen LogP contribution in [0.2, 0.25) is 0 Å². The zero-order chi connectivity index (χ0) is 11.3. The van der Waals surface area contributed by atoms with Gasteiger partial charge in [0.2, 0.25) is 0 Å². The van der Waals surface area contributed by atoms with E-state index >= 15 is 0 Å². The Labute approximate surface area is 85.8 Å². The van der Waals surface area contributed by atoms with Gasteiger partial charge in [0.05, 0.1) is 7.11 Å². The third-order valence-electron chi connectivity index (χ3n) is 2.54. The van der Waals surface area contributed by atoms with Gasteiger partial charge >= 0.3 is 5.97 Å². The Hall–Kier alpha value is -0.860. The van der Waals surface area contributed by atoms with Crippen LogP contribution in [-0.2, 0) is 14.3 Å². The number of hydrogen-bond acceptors (Lipinski definition) is 3. The molecular formula is C11H20O3. The van der Waals surface area contributed by atoms with Crippen molar-refractivity contribution >= 4 is 11.8 Å². The van der Waals surface area contributed by atoms with Crippen LogP contribution < -0.4 is 0 Å². The molecule has 3 heteroatoms. The molecule has 0 spiro atoms. The Morgan fingerprint density at radius 3 is 2.00 bits per heavy atom. The van der Waals surface area contributed by atoms with Crippen molar-refractivity contribution in [3.8, 4) is 0 Å². The Morgan fingerprint density at radius 1 is 1.21 bits per heavy atom. The van der Waals surface area contributed by atoms with Gasteiger partial charge in [-0.25, -0.2) is 0 Å². The molecule has 0 heterocycles. The van der Waals surface area contributed by atoms with Crippen LogP contribution >= 0.6 is 0 Å². The topological polar surface area (TPSA) is 43.4 Å². The lowest BCUT2D eigenvalue weighted by Gasteiger charge is -2.20. The highest BCUT2D eigenvalue weighted by molar-refractivity contribution is 6.00. The molecule has 0 aromatic carbocycles. The highest BCUT2D eigenvalue weighted by atomic mass is 16.5. The Kier molecular flexibility index (Phi) is 5.43. The van der Waals surface area contributed by atoms with E-state index in [1.165, 1.54) is 7.11 Å². The van der Waals surface area contributed by atoms with E-state index in [9.17, 15) is 9.59 Å². The number of ketones is 1. The molecule has 0 aliphatic rings. The largest absolute Gasteiger partial charge is 0.468 e. The molecule has 0 rings (SSSR count). The zero-order valence-corrected chi connectivity index (χ0v) is 9.66. The summed E-state index contributed by atoms with van der Waals surface area (Å²) in [6.45, 7) is 7.48. The third kappa shape index (κ3) is 3.13. The van der Waals surface area contributed by atoms with Crippen molar-refractivity contribution in [2.75, 3.05) is 7.11 Å². The van der Waals surface area contributed by atoms with E-state index in [0.717, 1.165) is 6.42 Å². The van der Waals surface area contributed by atoms with Crippen LogP contribution in [0.1, 0.15) is 34.1 Å². The van der Waals surface area contributed by atoms with Gasteiger partial charge < -0.3 is 4.74 Å². The molecule has 0 bridgehead atoms. The standard InChI is InChI=1S/C11H20O3/c1-6-8(4)9(11(13)14-5)10(12)7(2)3/h7-9H,6H2,1-5H3. The minimum absolute atomic E-state index is 0.0220. The molecule has 0 saturated heterocycles. The molecule has 0 amide bonds. The molecule has 0 aromatic rings. The fourth-order valence-corrected chi connectivity index (χ4v) is 1.35. The second-order valence-corrected chi connectivity index (χ2v) is 3.94. The summed E-state index contributed by atoms with van der Waals surface area (Å²) in [7, 11) is 1.32. The summed E-state index contributed by atoms with van der Waals surface area (Å²) in [5.41, 5.74) is 0. The molecule has 3 nitrogen and oxygen atoms in total. The number of carbonyl (C=O) groups is 2. The average Bonchev–Trinajstić information content (AvgIpc) is 2.16. The van der Waals surface area contributed by atoms with E-state index in [0.29, 0.717) is 0 Å². The summed E-state index contributed by atoms with van der Waals surface area (Å²) in [4.78, 5) is 23.2. The number of hydrogen-bond donors (Lipinski definition) is 0. The van der Waals surface area contributed by atoms with Crippen molar-refractivity contribution in [2.24, 2.45) is 17.8 Å². The van der Waals surface area contributed by atoms with Gasteiger partial charge in [-0.05, 0) is 5.92 Å². The van der Waals surface area contributed by atoms with Crippen LogP contribution in [0.5, 0.6) is 0 Å². The lowest BCUT2D eigenvalue weighted by atomic mass is 9.84. The molecule has 0 radical (unpaired) electrons. The molecule has 0 fully saturated rings. The van der Waals surface area contributed by atoms with Crippen LogP contribution in [0.3, 0.4) is 0 Å². The molecule has 82 valence electrons. The first-order valence-electron chi connectivity index (χ1n) is 5.07. The van der Waals surface area contributed by atoms with Crippen LogP contribution in [0, 0.1) is 17.8 Å². The summed E-state index contributed by atoms with van der Waals surface area (Å²) in [5, 5.41) is 0. The van der Waals surface area contributed by atoms with E-state index in [1.807, 2.05) is 13.8 Å². The van der Waals surface area contributed by atoms with Crippen molar-refractivity contribution < 1.29 is 14.3 Å². The molecule has 2 atom stereocenters. The van der Waals surface area contributed by atoms with Crippen molar-refractivity contribution in [1.82, 2.24) is 0 Å². The number of ether oxygens (including phenoxy) is 1. The molecule has 0 aromatic heterocycles. The Bertz CT molecular complexity index is 209. The first kappa shape index (κ1) is 13.1. The van der Waals surface area contributed by atoms with Gasteiger partial charge in [-0.1, -0.05) is 34.1 Å². The van der Waals surface area contributed by atoms with Crippen molar-refractivity contribution in [2.45, 2.75) is 34.1 Å². The Morgan fingerprint density at radius 2 is 1.71 bits per heavy atom. The SMILES string of the molecule is CCC(C)C(C(=O)OC)C(=O)C(C)C. The highest BCUT2D eigenvalue weighted by Gasteiger charge is 2.33. The van der Waals surface area contributed by atoms with E-state index in [4.69, 9.17) is 0 Å². The van der Waals surface area contributed by atoms with Gasteiger partial charge in [0.15, 0.2) is 0 Å². The van der Waals surface area contributed by atoms with Crippen LogP contribution in [0.15, 0.2) is 0 Å². The predicted octanol–water partition coefficient (Wildman–Crippen LogP) is 2.05. The number of methoxy groups -OCH3 is 1. The summed E-state index contributed by atoms with van der Waals surface area (Å²) in [5.74, 6) is -1.08. The second kappa shape index (κ2) is 5.78. The maximum absolute atomic E-state index is 11.7. The Balaban J connectivity index is 4.72. The van der Waals surface area contributed by atoms with Crippen LogP contribution in [0.25, 0.3) is 0 Å². The van der Waals surface area contributed by atoms with E-state index in [2.05, 4.69) is 4.74 Å². The summed E-state index contributed by atoms with van der Waals surface area (Å²) >= 11 is 0. The van der Waals surface area contributed by atoms with Gasteiger partial charge in [0.1, 0.15) is 11.7 Å². The zero-order valence-electron chi connectivity index (χ0n) is 9.66. The fraction of sp³-hybridized carbons (Fsp3) is 0.818. The molecule has 0 aliphatic carbocycles. The predicted molar refractivity (Wildman–Crippen MR) is 54.8 cm³/mol. The van der Waals surface area contributed by atoms with Crippen molar-refractivity contribution in [3.63, 3.8) is 0 Å². The van der Waals surface area contributed by atoms with Gasteiger partial charge in [-0.2, -0.15) is 0 Å². The molecule has 0 N–H and O–H groups in total. The second-order valence-electron chi connectivity index (χ2n) is 3.94. The highest BCUT2D eigenvalue weighted by Crippen LogP contribution is 2.21. The average molecular weight is 200 g/mol. The molecule has 0 aliphatic heterocycles. The number of Topliss-reactive ketones (excluding diaryl/α,β-unsaturated/α-hetero) is 1. The van der Waals surface area contributed by atoms with Gasteiger partial charge in [-0.15, -0.1) is 0 Å². The minimum Gasteiger partial charge on any atom is -0.468 e. The monoisotopic (exact) mass is 200 g/mol. The van der Waals surface area contributed by atoms with Crippen molar-refractivity contribution in [3.05, 3.63) is 0 Å². The molecular weight excluding hydrogens is 180 g/mol. The molecule has 2 unspecified atom stereocenters. The van der Waals surface area contributed by atoms with Gasteiger partial charge in [-0.3, -0.25) is 9.59 Å². The number of carbonyl (C=O) groups excluding carboxylic acids is 2. The van der Waals surface area contributed by atoms with E-state index in [1.54, 1.807) is 13.8 Å². The van der Waals surface area contributed by atoms with Gasteiger partial charge in [0.25, 0.3) is 0 Å². The van der Waals surface area contributed by atoms with Crippen molar-refractivity contribution in [1.29, 1.82) is 0 Å². The maximum atomic E-state index is 11.7. The fourth-order valence-electron chi connectivity index (χ4n) is 1.35. The molecule has 0 saturated carbocycles. The third-order valence-corrected chi connectivity index (χ3v) is 2.54. The van der Waals surface area contributed by atoms with Gasteiger partial charge in [0, 0.05) is 5.92 Å². The minimum atomic E-state index is -0.593. The summed E-state index contributed by atoms with van der Waals surface area (Å²) in [6.07, 6.45) is 0.804. The normalized spacial score (nSPS) is 15.0. The lowest BCUT2D eigenvalue weighted by molar-refractivity contribution is -0.152. The number of esters is 1. The maximum Gasteiger partial charge on any atom is 0.316 e. The molecule has 14 heavy (non-hydrogen) atoms. The van der Waals surface area contributed by atoms with E-state index < -0.39 is 11.9 Å². The first-order chi connectivity index (χ1) is 6.45. The number of rotatable bonds is 5. The summed E-state index contributed by atoms with van der Waals surface area (Å²) < 4.78 is 4.65. The van der Waals surface area contributed by atoms with Crippen LogP contribution in [0.4, 0.5) is 0 Å². The first-order valence-corrected chi connectivity index (χ1v) is 5.07. The van der Waals surface area contributed by atoms with E-state index in [-0.39, 0.29) is 17.6 Å². The quantitative estimate of drug-likeness (QED) is 0.504. The summed E-state index contributed by atoms with van der Waals surface area (Å²) in [6, 6.07) is 0. The van der Waals surface area contributed by atoms with Crippen LogP contribution in [-0.4, -0.2) is 18.9 Å².